The molecular weight excluding hydrogens is 368 g/mol. The zero-order valence-corrected chi connectivity index (χ0v) is 18.7. The molecule has 4 aliphatic rings. The van der Waals surface area contributed by atoms with Crippen molar-refractivity contribution in [2.75, 3.05) is 0 Å². The van der Waals surface area contributed by atoms with E-state index in [0.717, 1.165) is 36.7 Å². The number of carbonyl (C=O) groups is 1. The molecule has 0 heterocycles. The van der Waals surface area contributed by atoms with Crippen LogP contribution in [0.4, 0.5) is 0 Å². The van der Waals surface area contributed by atoms with E-state index in [1.165, 1.54) is 38.5 Å². The first kappa shape index (κ1) is 20.5. The van der Waals surface area contributed by atoms with E-state index in [1.54, 1.807) is 0 Å². The number of benzene rings is 1. The van der Waals surface area contributed by atoms with E-state index in [1.807, 2.05) is 30.4 Å². The summed E-state index contributed by atoms with van der Waals surface area (Å²) in [6.07, 6.45) is 14.4. The summed E-state index contributed by atoms with van der Waals surface area (Å²) in [4.78, 5) is 13.3. The van der Waals surface area contributed by atoms with Crippen molar-refractivity contribution < 1.29 is 9.90 Å². The summed E-state index contributed by atoms with van der Waals surface area (Å²) in [5, 5.41) is 10.2. The lowest BCUT2D eigenvalue weighted by atomic mass is 9.44. The van der Waals surface area contributed by atoms with Gasteiger partial charge in [0.1, 0.15) is 0 Å². The number of hydrogen-bond donors (Lipinski definition) is 1. The molecule has 5 rings (SSSR count). The fourth-order valence-corrected chi connectivity index (χ4v) is 8.56. The van der Waals surface area contributed by atoms with E-state index in [-0.39, 0.29) is 17.4 Å². The minimum Gasteiger partial charge on any atom is -0.393 e. The predicted octanol–water partition coefficient (Wildman–Crippen LogP) is 6.29. The second-order valence-electron chi connectivity index (χ2n) is 11.4. The van der Waals surface area contributed by atoms with Gasteiger partial charge in [0.2, 0.25) is 0 Å². The van der Waals surface area contributed by atoms with Crippen molar-refractivity contribution >= 4 is 11.9 Å². The largest absolute Gasteiger partial charge is 0.393 e. The number of aliphatic hydroxyl groups excluding tert-OH is 1. The molecule has 0 aromatic heterocycles. The number of ketones is 1. The average Bonchev–Trinajstić information content (AvgIpc) is 3.10. The van der Waals surface area contributed by atoms with Gasteiger partial charge in [0.15, 0.2) is 5.78 Å². The summed E-state index contributed by atoms with van der Waals surface area (Å²) in [5.74, 6) is 3.55. The molecule has 1 aromatic carbocycles. The van der Waals surface area contributed by atoms with Crippen molar-refractivity contribution in [2.45, 2.75) is 77.7 Å². The molecule has 8 atom stereocenters. The maximum Gasteiger partial charge on any atom is 0.159 e. The van der Waals surface area contributed by atoms with Gasteiger partial charge in [-0.2, -0.15) is 0 Å². The predicted molar refractivity (Wildman–Crippen MR) is 122 cm³/mol. The Morgan fingerprint density at radius 2 is 1.67 bits per heavy atom. The van der Waals surface area contributed by atoms with Gasteiger partial charge < -0.3 is 5.11 Å². The smallest absolute Gasteiger partial charge is 0.159 e. The molecule has 0 bridgehead atoms. The van der Waals surface area contributed by atoms with Gasteiger partial charge in [-0.1, -0.05) is 50.3 Å². The molecule has 0 saturated heterocycles. The van der Waals surface area contributed by atoms with Crippen LogP contribution in [0.3, 0.4) is 0 Å². The Morgan fingerprint density at radius 3 is 2.47 bits per heavy atom. The van der Waals surface area contributed by atoms with Crippen molar-refractivity contribution in [3.05, 3.63) is 42.0 Å². The Bertz CT molecular complexity index is 813. The monoisotopic (exact) mass is 406 g/mol. The molecule has 0 radical (unpaired) electrons. The van der Waals surface area contributed by atoms with Crippen molar-refractivity contribution in [2.24, 2.45) is 40.4 Å². The van der Waals surface area contributed by atoms with Crippen LogP contribution in [0.5, 0.6) is 0 Å². The van der Waals surface area contributed by atoms with Crippen molar-refractivity contribution in [3.63, 3.8) is 0 Å². The van der Waals surface area contributed by atoms with Gasteiger partial charge in [0.05, 0.1) is 6.10 Å². The van der Waals surface area contributed by atoms with Crippen LogP contribution in [0.1, 0.15) is 77.2 Å². The summed E-state index contributed by atoms with van der Waals surface area (Å²) in [6.45, 7) is 4.99. The van der Waals surface area contributed by atoms with E-state index in [2.05, 4.69) is 26.0 Å². The summed E-state index contributed by atoms with van der Waals surface area (Å²) >= 11 is 0. The van der Waals surface area contributed by atoms with Gasteiger partial charge in [-0.05, 0) is 104 Å². The molecular formula is C28H38O2. The number of aliphatic hydroxyl groups is 1. The molecule has 4 fully saturated rings. The van der Waals surface area contributed by atoms with Gasteiger partial charge >= 0.3 is 0 Å². The minimum absolute atomic E-state index is 0.0710. The van der Waals surface area contributed by atoms with Crippen LogP contribution in [0.2, 0.25) is 0 Å². The lowest BCUT2D eigenvalue weighted by Crippen LogP contribution is -2.54. The number of hydrogen-bond acceptors (Lipinski definition) is 2. The summed E-state index contributed by atoms with van der Waals surface area (Å²) in [7, 11) is 0. The molecule has 2 heteroatoms. The van der Waals surface area contributed by atoms with Crippen molar-refractivity contribution in [1.82, 2.24) is 0 Å². The number of allylic oxidation sites excluding steroid dienone is 1. The first-order valence-electron chi connectivity index (χ1n) is 12.4. The molecule has 1 N–H and O–H groups in total. The molecule has 162 valence electrons. The van der Waals surface area contributed by atoms with Gasteiger partial charge in [-0.25, -0.2) is 0 Å². The molecule has 0 spiro atoms. The summed E-state index contributed by atoms with van der Waals surface area (Å²) in [6, 6.07) is 10.2. The third-order valence-corrected chi connectivity index (χ3v) is 10.2. The highest BCUT2D eigenvalue weighted by atomic mass is 16.3. The van der Waals surface area contributed by atoms with Crippen LogP contribution in [-0.4, -0.2) is 17.0 Å². The Labute approximate surface area is 182 Å². The van der Waals surface area contributed by atoms with Crippen LogP contribution in [0.15, 0.2) is 36.4 Å². The topological polar surface area (TPSA) is 37.3 Å². The third-order valence-electron chi connectivity index (χ3n) is 10.2. The first-order valence-corrected chi connectivity index (χ1v) is 12.4. The van der Waals surface area contributed by atoms with E-state index in [4.69, 9.17) is 0 Å². The number of carbonyl (C=O) groups excluding carboxylic acids is 1. The Morgan fingerprint density at radius 1 is 0.933 bits per heavy atom. The summed E-state index contributed by atoms with van der Waals surface area (Å²) < 4.78 is 0. The molecule has 2 nitrogen and oxygen atoms in total. The van der Waals surface area contributed by atoms with E-state index < -0.39 is 0 Å². The van der Waals surface area contributed by atoms with Gasteiger partial charge in [-0.3, -0.25) is 4.79 Å². The normalized spacial score (nSPS) is 45.6. The Kier molecular flexibility index (Phi) is 5.21. The Balaban J connectivity index is 1.34. The molecule has 30 heavy (non-hydrogen) atoms. The van der Waals surface area contributed by atoms with Crippen LogP contribution in [-0.2, 0) is 4.79 Å². The first-order chi connectivity index (χ1) is 14.4. The average molecular weight is 407 g/mol. The zero-order valence-electron chi connectivity index (χ0n) is 18.7. The highest BCUT2D eigenvalue weighted by Gasteiger charge is 2.60. The SMILES string of the molecule is C[C@]12CC[C@@H](O)C[C@@H]1CC[C@H]1[C@H]2CC[C@]2(C)[C@@H]1CC[C@H]2C(=O)/C=C/c1ccccc1. The fraction of sp³-hybridized carbons (Fsp3) is 0.679. The van der Waals surface area contributed by atoms with Crippen LogP contribution >= 0.6 is 0 Å². The summed E-state index contributed by atoms with van der Waals surface area (Å²) in [5.41, 5.74) is 1.70. The van der Waals surface area contributed by atoms with Gasteiger partial charge in [0, 0.05) is 5.92 Å². The lowest BCUT2D eigenvalue weighted by molar-refractivity contribution is -0.136. The van der Waals surface area contributed by atoms with Crippen LogP contribution in [0.25, 0.3) is 6.08 Å². The molecule has 0 aliphatic heterocycles. The Hall–Kier alpha value is -1.41. The number of rotatable bonds is 3. The maximum absolute atomic E-state index is 13.3. The fourth-order valence-electron chi connectivity index (χ4n) is 8.56. The molecule has 0 amide bonds. The van der Waals surface area contributed by atoms with E-state index in [0.29, 0.717) is 23.0 Å². The van der Waals surface area contributed by atoms with Crippen molar-refractivity contribution in [3.8, 4) is 0 Å². The highest BCUT2D eigenvalue weighted by molar-refractivity contribution is 5.96. The highest BCUT2D eigenvalue weighted by Crippen LogP contribution is 2.67. The van der Waals surface area contributed by atoms with Gasteiger partial charge in [0.25, 0.3) is 0 Å². The van der Waals surface area contributed by atoms with E-state index >= 15 is 0 Å². The number of fused-ring (bicyclic) bond motifs is 5. The second kappa shape index (κ2) is 7.62. The van der Waals surface area contributed by atoms with Gasteiger partial charge in [-0.15, -0.1) is 0 Å². The second-order valence-corrected chi connectivity index (χ2v) is 11.4. The van der Waals surface area contributed by atoms with Crippen LogP contribution < -0.4 is 0 Å². The minimum atomic E-state index is -0.0710. The molecule has 0 unspecified atom stereocenters. The molecule has 4 saturated carbocycles. The van der Waals surface area contributed by atoms with Crippen LogP contribution in [0, 0.1) is 40.4 Å². The third kappa shape index (κ3) is 3.22. The van der Waals surface area contributed by atoms with Crippen molar-refractivity contribution in [1.29, 1.82) is 0 Å². The quantitative estimate of drug-likeness (QED) is 0.599. The standard InChI is InChI=1S/C28H38O2/c1-27-16-14-21(29)18-20(27)9-10-22-23-11-12-25(28(23,2)17-15-24(22)27)26(30)13-8-19-6-4-3-5-7-19/h3-8,13,20-25,29H,9-12,14-18H2,1-2H3/b13-8+/t20-,21+,22+,23+,24+,25-,27-,28+/m0/s1. The molecule has 4 aliphatic carbocycles. The molecule has 1 aromatic rings. The maximum atomic E-state index is 13.3. The zero-order chi connectivity index (χ0) is 20.9. The van der Waals surface area contributed by atoms with E-state index in [9.17, 15) is 9.90 Å². The lowest BCUT2D eigenvalue weighted by Gasteiger charge is -2.60.